The first-order valence-electron chi connectivity index (χ1n) is 9.06. The quantitative estimate of drug-likeness (QED) is 0.764. The SMILES string of the molecule is Cc1nn(-c2ccc(F)cc2)c(C)c1C1CC(=O)Nc2c1cnn2C(C)C. The predicted octanol–water partition coefficient (Wildman–Crippen LogP) is 3.88. The number of hydrogen-bond acceptors (Lipinski definition) is 3. The van der Waals surface area contributed by atoms with Crippen molar-refractivity contribution in [2.45, 2.75) is 46.1 Å². The van der Waals surface area contributed by atoms with Gasteiger partial charge in [0.05, 0.1) is 17.6 Å². The fourth-order valence-electron chi connectivity index (χ4n) is 3.88. The van der Waals surface area contributed by atoms with Crippen molar-refractivity contribution in [2.75, 3.05) is 5.32 Å². The van der Waals surface area contributed by atoms with E-state index in [1.54, 1.807) is 12.1 Å². The molecule has 0 saturated heterocycles. The molecule has 6 nitrogen and oxygen atoms in total. The summed E-state index contributed by atoms with van der Waals surface area (Å²) in [6, 6.07) is 6.40. The zero-order chi connectivity index (χ0) is 19.3. The Labute approximate surface area is 157 Å². The Hall–Kier alpha value is -2.96. The van der Waals surface area contributed by atoms with Crippen molar-refractivity contribution < 1.29 is 9.18 Å². The minimum atomic E-state index is -0.282. The zero-order valence-corrected chi connectivity index (χ0v) is 15.8. The summed E-state index contributed by atoms with van der Waals surface area (Å²) in [7, 11) is 0. The molecule has 1 amide bonds. The Morgan fingerprint density at radius 2 is 1.93 bits per heavy atom. The molecule has 27 heavy (non-hydrogen) atoms. The predicted molar refractivity (Wildman–Crippen MR) is 101 cm³/mol. The highest BCUT2D eigenvalue weighted by Crippen LogP contribution is 2.40. The number of aryl methyl sites for hydroxylation is 1. The Morgan fingerprint density at radius 1 is 1.22 bits per heavy atom. The summed E-state index contributed by atoms with van der Waals surface area (Å²) in [5.41, 5.74) is 4.63. The molecule has 1 N–H and O–H groups in total. The number of hydrogen-bond donors (Lipinski definition) is 1. The fraction of sp³-hybridized carbons (Fsp3) is 0.350. The maximum atomic E-state index is 13.3. The summed E-state index contributed by atoms with van der Waals surface area (Å²) < 4.78 is 16.9. The fourth-order valence-corrected chi connectivity index (χ4v) is 3.88. The van der Waals surface area contributed by atoms with E-state index >= 15 is 0 Å². The number of amides is 1. The highest BCUT2D eigenvalue weighted by molar-refractivity contribution is 5.94. The summed E-state index contributed by atoms with van der Waals surface area (Å²) in [5.74, 6) is 0.355. The van der Waals surface area contributed by atoms with E-state index in [4.69, 9.17) is 0 Å². The van der Waals surface area contributed by atoms with Crippen molar-refractivity contribution in [2.24, 2.45) is 0 Å². The van der Waals surface area contributed by atoms with Gasteiger partial charge >= 0.3 is 0 Å². The molecular weight excluding hydrogens is 345 g/mol. The second-order valence-corrected chi connectivity index (χ2v) is 7.26. The van der Waals surface area contributed by atoms with Crippen LogP contribution < -0.4 is 5.32 Å². The molecule has 3 aromatic rings. The van der Waals surface area contributed by atoms with Gasteiger partial charge in [-0.25, -0.2) is 13.8 Å². The topological polar surface area (TPSA) is 64.7 Å². The van der Waals surface area contributed by atoms with Gasteiger partial charge in [0.2, 0.25) is 5.91 Å². The molecular formula is C20H22FN5O. The van der Waals surface area contributed by atoms with E-state index in [9.17, 15) is 9.18 Å². The number of carbonyl (C=O) groups is 1. The normalized spacial score (nSPS) is 16.5. The molecule has 7 heteroatoms. The van der Waals surface area contributed by atoms with Gasteiger partial charge in [0.1, 0.15) is 11.6 Å². The first-order valence-corrected chi connectivity index (χ1v) is 9.06. The molecule has 1 unspecified atom stereocenters. The van der Waals surface area contributed by atoms with Gasteiger partial charge in [-0.2, -0.15) is 10.2 Å². The lowest BCUT2D eigenvalue weighted by Gasteiger charge is -2.24. The maximum absolute atomic E-state index is 13.3. The van der Waals surface area contributed by atoms with E-state index < -0.39 is 0 Å². The van der Waals surface area contributed by atoms with Gasteiger partial charge in [0.15, 0.2) is 0 Å². The number of nitrogens with zero attached hydrogens (tertiary/aromatic N) is 4. The first kappa shape index (κ1) is 17.5. The zero-order valence-electron chi connectivity index (χ0n) is 15.8. The van der Waals surface area contributed by atoms with Crippen molar-refractivity contribution in [1.82, 2.24) is 19.6 Å². The number of fused-ring (bicyclic) bond motifs is 1. The highest BCUT2D eigenvalue weighted by atomic mass is 19.1. The van der Waals surface area contributed by atoms with E-state index in [1.165, 1.54) is 12.1 Å². The third-order valence-electron chi connectivity index (χ3n) is 5.10. The first-order chi connectivity index (χ1) is 12.9. The van der Waals surface area contributed by atoms with Crippen LogP contribution in [0, 0.1) is 19.7 Å². The lowest BCUT2D eigenvalue weighted by Crippen LogP contribution is -2.25. The standard InChI is InChI=1S/C20H22FN5O/c1-11(2)25-20-17(10-22-25)16(9-18(27)23-20)19-12(3)24-26(13(19)4)15-7-5-14(21)6-8-15/h5-8,10-11,16H,9H2,1-4H3,(H,23,27). The highest BCUT2D eigenvalue weighted by Gasteiger charge is 2.34. The Bertz CT molecular complexity index is 1020. The van der Waals surface area contributed by atoms with Crippen LogP contribution in [-0.2, 0) is 4.79 Å². The van der Waals surface area contributed by atoms with E-state index in [0.29, 0.717) is 6.42 Å². The average Bonchev–Trinajstić information content (AvgIpc) is 3.16. The van der Waals surface area contributed by atoms with E-state index in [1.807, 2.05) is 43.3 Å². The van der Waals surface area contributed by atoms with Crippen LogP contribution in [0.5, 0.6) is 0 Å². The van der Waals surface area contributed by atoms with Gasteiger partial charge in [0, 0.05) is 35.2 Å². The summed E-state index contributed by atoms with van der Waals surface area (Å²) in [5, 5.41) is 12.1. The molecule has 1 aliphatic rings. The molecule has 0 radical (unpaired) electrons. The number of halogens is 1. The summed E-state index contributed by atoms with van der Waals surface area (Å²) in [6.45, 7) is 8.00. The van der Waals surface area contributed by atoms with Crippen molar-refractivity contribution in [3.63, 3.8) is 0 Å². The van der Waals surface area contributed by atoms with Crippen molar-refractivity contribution in [3.8, 4) is 5.69 Å². The van der Waals surface area contributed by atoms with E-state index in [0.717, 1.165) is 34.0 Å². The lowest BCUT2D eigenvalue weighted by molar-refractivity contribution is -0.116. The molecule has 0 aliphatic carbocycles. The van der Waals surface area contributed by atoms with Crippen LogP contribution in [0.3, 0.4) is 0 Å². The molecule has 0 saturated carbocycles. The molecule has 1 aliphatic heterocycles. The molecule has 0 spiro atoms. The monoisotopic (exact) mass is 367 g/mol. The number of benzene rings is 1. The van der Waals surface area contributed by atoms with Crippen LogP contribution in [0.25, 0.3) is 5.69 Å². The van der Waals surface area contributed by atoms with Gasteiger partial charge < -0.3 is 5.32 Å². The van der Waals surface area contributed by atoms with Crippen LogP contribution in [0.1, 0.15) is 54.7 Å². The third kappa shape index (κ3) is 2.83. The summed E-state index contributed by atoms with van der Waals surface area (Å²) in [6.07, 6.45) is 2.20. The van der Waals surface area contributed by atoms with Gasteiger partial charge in [-0.05, 0) is 52.0 Å². The smallest absolute Gasteiger partial charge is 0.226 e. The van der Waals surface area contributed by atoms with Crippen molar-refractivity contribution in [3.05, 3.63) is 58.8 Å². The molecule has 140 valence electrons. The third-order valence-corrected chi connectivity index (χ3v) is 5.10. The van der Waals surface area contributed by atoms with Crippen LogP contribution in [0.15, 0.2) is 30.5 Å². The van der Waals surface area contributed by atoms with Gasteiger partial charge in [-0.1, -0.05) is 0 Å². The Balaban J connectivity index is 1.83. The van der Waals surface area contributed by atoms with Crippen molar-refractivity contribution in [1.29, 1.82) is 0 Å². The Kier molecular flexibility index (Phi) is 4.09. The van der Waals surface area contributed by atoms with Gasteiger partial charge in [-0.15, -0.1) is 0 Å². The number of rotatable bonds is 3. The number of carbonyl (C=O) groups excluding carboxylic acids is 1. The summed E-state index contributed by atoms with van der Waals surface area (Å²) in [4.78, 5) is 12.4. The Morgan fingerprint density at radius 3 is 2.59 bits per heavy atom. The largest absolute Gasteiger partial charge is 0.311 e. The van der Waals surface area contributed by atoms with Crippen molar-refractivity contribution >= 4 is 11.7 Å². The molecule has 4 rings (SSSR count). The van der Waals surface area contributed by atoms with Crippen LogP contribution in [-0.4, -0.2) is 25.5 Å². The molecule has 0 bridgehead atoms. The summed E-state index contributed by atoms with van der Waals surface area (Å²) >= 11 is 0. The minimum absolute atomic E-state index is 0.0248. The molecule has 0 fully saturated rings. The number of nitrogens with one attached hydrogen (secondary N) is 1. The minimum Gasteiger partial charge on any atom is -0.311 e. The second-order valence-electron chi connectivity index (χ2n) is 7.26. The van der Waals surface area contributed by atoms with Crippen LogP contribution in [0.4, 0.5) is 10.2 Å². The second kappa shape index (κ2) is 6.33. The van der Waals surface area contributed by atoms with Gasteiger partial charge in [0.25, 0.3) is 0 Å². The molecule has 3 heterocycles. The number of aromatic nitrogens is 4. The van der Waals surface area contributed by atoms with Crippen LogP contribution >= 0.6 is 0 Å². The van der Waals surface area contributed by atoms with Gasteiger partial charge in [-0.3, -0.25) is 4.79 Å². The molecule has 1 atom stereocenters. The maximum Gasteiger partial charge on any atom is 0.226 e. The van der Waals surface area contributed by atoms with Crippen LogP contribution in [0.2, 0.25) is 0 Å². The lowest BCUT2D eigenvalue weighted by atomic mass is 9.86. The molecule has 1 aromatic carbocycles. The number of anilines is 1. The molecule has 2 aromatic heterocycles. The van der Waals surface area contributed by atoms with E-state index in [-0.39, 0.29) is 23.7 Å². The average molecular weight is 367 g/mol. The van der Waals surface area contributed by atoms with E-state index in [2.05, 4.69) is 15.5 Å².